The van der Waals surface area contributed by atoms with Gasteiger partial charge in [-0.15, -0.1) is 0 Å². The van der Waals surface area contributed by atoms with Crippen LogP contribution in [-0.4, -0.2) is 54.7 Å². The third-order valence-electron chi connectivity index (χ3n) is 5.39. The zero-order chi connectivity index (χ0) is 16.6. The van der Waals surface area contributed by atoms with Gasteiger partial charge in [-0.2, -0.15) is 0 Å². The molecule has 0 bridgehead atoms. The Bertz CT molecular complexity index is 511. The third kappa shape index (κ3) is 3.06. The molecule has 0 aromatic carbocycles. The maximum absolute atomic E-state index is 12.6. The highest BCUT2D eigenvalue weighted by molar-refractivity contribution is 6.07. The summed E-state index contributed by atoms with van der Waals surface area (Å²) in [6.45, 7) is 6.01. The topological polar surface area (TPSA) is 80.2 Å². The van der Waals surface area contributed by atoms with E-state index in [4.69, 9.17) is 4.74 Å². The van der Waals surface area contributed by atoms with Crippen molar-refractivity contribution in [3.63, 3.8) is 0 Å². The first-order valence-electron chi connectivity index (χ1n) is 8.60. The normalized spacial score (nSPS) is 34.4. The van der Waals surface area contributed by atoms with Crippen molar-refractivity contribution < 1.29 is 24.0 Å². The first-order chi connectivity index (χ1) is 11.0. The van der Waals surface area contributed by atoms with Crippen LogP contribution < -0.4 is 10.2 Å². The lowest BCUT2D eigenvalue weighted by Crippen LogP contribution is -3.14. The molecule has 3 aliphatic rings. The summed E-state index contributed by atoms with van der Waals surface area (Å²) in [4.78, 5) is 39.1. The van der Waals surface area contributed by atoms with Gasteiger partial charge >= 0.3 is 12.0 Å². The Kier molecular flexibility index (Phi) is 4.31. The van der Waals surface area contributed by atoms with E-state index in [2.05, 4.69) is 5.32 Å². The van der Waals surface area contributed by atoms with E-state index in [1.165, 1.54) is 9.80 Å². The van der Waals surface area contributed by atoms with Gasteiger partial charge in [-0.3, -0.25) is 9.59 Å². The largest absolute Gasteiger partial charge is 0.466 e. The van der Waals surface area contributed by atoms with Crippen LogP contribution in [0.5, 0.6) is 0 Å². The summed E-state index contributed by atoms with van der Waals surface area (Å²) >= 11 is 0. The van der Waals surface area contributed by atoms with E-state index in [1.54, 1.807) is 0 Å². The van der Waals surface area contributed by atoms with Crippen molar-refractivity contribution >= 4 is 17.9 Å². The maximum Gasteiger partial charge on any atom is 0.329 e. The van der Waals surface area contributed by atoms with Gasteiger partial charge in [0.25, 0.3) is 5.91 Å². The van der Waals surface area contributed by atoms with Gasteiger partial charge in [-0.1, -0.05) is 0 Å². The smallest absolute Gasteiger partial charge is 0.329 e. The Morgan fingerprint density at radius 2 is 1.96 bits per heavy atom. The SMILES string of the molecule is CCOC(=O)C1CC[NH+](CN2C(=O)N[C@@](C)(C3CC3)C2=O)CC1. The zero-order valence-electron chi connectivity index (χ0n) is 13.9. The molecule has 0 aromatic heterocycles. The van der Waals surface area contributed by atoms with Gasteiger partial charge in [-0.05, 0) is 32.6 Å². The highest BCUT2D eigenvalue weighted by atomic mass is 16.5. The second kappa shape index (κ2) is 6.11. The minimum absolute atomic E-state index is 0.0430. The summed E-state index contributed by atoms with van der Waals surface area (Å²) in [6, 6.07) is -0.274. The Morgan fingerprint density at radius 3 is 2.52 bits per heavy atom. The van der Waals surface area contributed by atoms with E-state index in [9.17, 15) is 14.4 Å². The number of imide groups is 1. The first-order valence-corrected chi connectivity index (χ1v) is 8.60. The van der Waals surface area contributed by atoms with Crippen molar-refractivity contribution in [1.82, 2.24) is 10.2 Å². The number of rotatable bonds is 5. The van der Waals surface area contributed by atoms with Crippen LogP contribution >= 0.6 is 0 Å². The number of carbonyl (C=O) groups excluding carboxylic acids is 3. The molecule has 2 aliphatic heterocycles. The van der Waals surface area contributed by atoms with Crippen molar-refractivity contribution in [2.45, 2.75) is 45.1 Å². The van der Waals surface area contributed by atoms with E-state index >= 15 is 0 Å². The van der Waals surface area contributed by atoms with Crippen molar-refractivity contribution in [3.05, 3.63) is 0 Å². The fourth-order valence-electron chi connectivity index (χ4n) is 3.70. The molecular weight excluding hydrogens is 298 g/mol. The summed E-state index contributed by atoms with van der Waals surface area (Å²) in [5, 5.41) is 2.88. The van der Waals surface area contributed by atoms with Crippen LogP contribution in [-0.2, 0) is 14.3 Å². The number of hydrogen-bond donors (Lipinski definition) is 2. The van der Waals surface area contributed by atoms with Crippen LogP contribution in [0, 0.1) is 11.8 Å². The quantitative estimate of drug-likeness (QED) is 0.529. The average molecular weight is 324 g/mol. The van der Waals surface area contributed by atoms with E-state index in [-0.39, 0.29) is 29.7 Å². The Morgan fingerprint density at radius 1 is 1.30 bits per heavy atom. The van der Waals surface area contributed by atoms with Crippen LogP contribution in [0.15, 0.2) is 0 Å². The number of urea groups is 1. The second-order valence-electron chi connectivity index (χ2n) is 7.07. The van der Waals surface area contributed by atoms with Crippen LogP contribution in [0.4, 0.5) is 4.79 Å². The summed E-state index contributed by atoms with van der Waals surface area (Å²) < 4.78 is 5.07. The lowest BCUT2D eigenvalue weighted by molar-refractivity contribution is -0.913. The van der Waals surface area contributed by atoms with Crippen LogP contribution in [0.2, 0.25) is 0 Å². The van der Waals surface area contributed by atoms with E-state index in [0.717, 1.165) is 38.8 Å². The van der Waals surface area contributed by atoms with E-state index in [0.29, 0.717) is 13.3 Å². The second-order valence-corrected chi connectivity index (χ2v) is 7.07. The summed E-state index contributed by atoms with van der Waals surface area (Å²) in [7, 11) is 0. The molecule has 3 rings (SSSR count). The molecule has 1 aliphatic carbocycles. The fourth-order valence-corrected chi connectivity index (χ4v) is 3.70. The van der Waals surface area contributed by atoms with Gasteiger partial charge < -0.3 is 15.0 Å². The Hall–Kier alpha value is -1.63. The summed E-state index contributed by atoms with van der Waals surface area (Å²) in [5.41, 5.74) is -0.709. The maximum atomic E-state index is 12.6. The first kappa shape index (κ1) is 16.2. The molecule has 0 aromatic rings. The lowest BCUT2D eigenvalue weighted by atomic mass is 9.96. The molecule has 7 nitrogen and oxygen atoms in total. The predicted octanol–water partition coefficient (Wildman–Crippen LogP) is -0.478. The number of nitrogens with zero attached hydrogens (tertiary/aromatic N) is 1. The third-order valence-corrected chi connectivity index (χ3v) is 5.39. The monoisotopic (exact) mass is 324 g/mol. The molecular formula is C16H26N3O4+. The Balaban J connectivity index is 1.54. The summed E-state index contributed by atoms with van der Waals surface area (Å²) in [5.74, 6) is 0.0277. The molecule has 2 saturated heterocycles. The standard InChI is InChI=1S/C16H25N3O4/c1-3-23-13(20)11-6-8-18(9-7-11)10-19-14(21)16(2,12-4-5-12)17-15(19)22/h11-12H,3-10H2,1-2H3,(H,17,22)/p+1/t16-/m0/s1. The highest BCUT2D eigenvalue weighted by Crippen LogP contribution is 2.42. The molecule has 1 saturated carbocycles. The van der Waals surface area contributed by atoms with Gasteiger partial charge in [0.2, 0.25) is 0 Å². The van der Waals surface area contributed by atoms with E-state index in [1.807, 2.05) is 13.8 Å². The van der Waals surface area contributed by atoms with E-state index < -0.39 is 5.54 Å². The van der Waals surface area contributed by atoms with Crippen LogP contribution in [0.3, 0.4) is 0 Å². The number of hydrogen-bond acceptors (Lipinski definition) is 4. The van der Waals surface area contributed by atoms with Crippen molar-refractivity contribution in [1.29, 1.82) is 0 Å². The van der Waals surface area contributed by atoms with Crippen molar-refractivity contribution in [2.75, 3.05) is 26.4 Å². The van der Waals surface area contributed by atoms with Gasteiger partial charge in [0.1, 0.15) is 5.54 Å². The molecule has 3 fully saturated rings. The number of ether oxygens (including phenoxy) is 1. The average Bonchev–Trinajstić information content (AvgIpc) is 3.34. The predicted molar refractivity (Wildman–Crippen MR) is 81.4 cm³/mol. The van der Waals surface area contributed by atoms with Gasteiger partial charge in [-0.25, -0.2) is 9.69 Å². The fraction of sp³-hybridized carbons (Fsp3) is 0.812. The molecule has 7 heteroatoms. The number of esters is 1. The number of likely N-dealkylation sites (tertiary alicyclic amines) is 1. The minimum atomic E-state index is -0.709. The molecule has 2 N–H and O–H groups in total. The van der Waals surface area contributed by atoms with Crippen LogP contribution in [0.25, 0.3) is 0 Å². The molecule has 0 radical (unpaired) electrons. The van der Waals surface area contributed by atoms with Gasteiger partial charge in [0.05, 0.1) is 25.6 Å². The number of piperidine rings is 1. The molecule has 3 amide bonds. The minimum Gasteiger partial charge on any atom is -0.466 e. The number of quaternary nitrogens is 1. The van der Waals surface area contributed by atoms with Gasteiger partial charge in [0, 0.05) is 12.8 Å². The Labute approximate surface area is 136 Å². The molecule has 2 heterocycles. The number of nitrogens with one attached hydrogen (secondary N) is 2. The molecule has 23 heavy (non-hydrogen) atoms. The lowest BCUT2D eigenvalue weighted by Gasteiger charge is -2.30. The molecule has 0 unspecified atom stereocenters. The van der Waals surface area contributed by atoms with Crippen molar-refractivity contribution in [3.8, 4) is 0 Å². The van der Waals surface area contributed by atoms with Crippen molar-refractivity contribution in [2.24, 2.45) is 11.8 Å². The highest BCUT2D eigenvalue weighted by Gasteiger charge is 2.56. The molecule has 0 spiro atoms. The summed E-state index contributed by atoms with van der Waals surface area (Å²) in [6.07, 6.45) is 3.51. The van der Waals surface area contributed by atoms with Gasteiger partial charge in [0.15, 0.2) is 6.67 Å². The molecule has 1 atom stereocenters. The molecule has 128 valence electrons. The zero-order valence-corrected chi connectivity index (χ0v) is 13.9. The number of carbonyl (C=O) groups is 3. The van der Waals surface area contributed by atoms with Crippen LogP contribution in [0.1, 0.15) is 39.5 Å². The number of amides is 3.